The maximum atomic E-state index is 12.6. The highest BCUT2D eigenvalue weighted by molar-refractivity contribution is 7.92. The predicted molar refractivity (Wildman–Crippen MR) is 77.0 cm³/mol. The van der Waals surface area contributed by atoms with E-state index in [0.717, 1.165) is 12.1 Å². The highest BCUT2D eigenvalue weighted by Gasteiger charge is 2.31. The molecule has 0 saturated heterocycles. The maximum absolute atomic E-state index is 12.6. The van der Waals surface area contributed by atoms with Crippen molar-refractivity contribution >= 4 is 27.3 Å². The van der Waals surface area contributed by atoms with E-state index >= 15 is 0 Å². The molecule has 0 aliphatic carbocycles. The van der Waals surface area contributed by atoms with Crippen molar-refractivity contribution in [3.8, 4) is 0 Å². The van der Waals surface area contributed by atoms with Crippen molar-refractivity contribution < 1.29 is 21.6 Å². The molecule has 9 heteroatoms. The fraction of sp³-hybridized carbons (Fsp3) is 0.500. The molecule has 4 nitrogen and oxygen atoms in total. The standard InChI is InChI=1S/C12H16ClF3N2O2S/c1-2-17-6-3-7-21(19,20)18-11-8-9(12(14,15)16)4-5-10(11)13/h4-5,8,17-18H,2-3,6-7H2,1H3. The fourth-order valence-electron chi connectivity index (χ4n) is 1.56. The highest BCUT2D eigenvalue weighted by Crippen LogP contribution is 2.34. The normalized spacial score (nSPS) is 12.4. The third-order valence-corrected chi connectivity index (χ3v) is 4.26. The minimum atomic E-state index is -4.56. The molecule has 0 aromatic heterocycles. The van der Waals surface area contributed by atoms with E-state index < -0.39 is 21.8 Å². The van der Waals surface area contributed by atoms with E-state index in [1.54, 1.807) is 0 Å². The van der Waals surface area contributed by atoms with Gasteiger partial charge < -0.3 is 5.32 Å². The predicted octanol–water partition coefficient (Wildman–Crippen LogP) is 3.10. The first-order chi connectivity index (χ1) is 9.65. The van der Waals surface area contributed by atoms with Crippen LogP contribution in [0.2, 0.25) is 5.02 Å². The zero-order valence-corrected chi connectivity index (χ0v) is 12.9. The number of halogens is 4. The van der Waals surface area contributed by atoms with E-state index in [0.29, 0.717) is 25.6 Å². The van der Waals surface area contributed by atoms with Gasteiger partial charge in [-0.05, 0) is 37.7 Å². The Hall–Kier alpha value is -0.990. The monoisotopic (exact) mass is 344 g/mol. The van der Waals surface area contributed by atoms with Crippen LogP contribution in [-0.4, -0.2) is 27.3 Å². The Morgan fingerprint density at radius 2 is 1.95 bits per heavy atom. The number of anilines is 1. The van der Waals surface area contributed by atoms with Crippen LogP contribution >= 0.6 is 11.6 Å². The van der Waals surface area contributed by atoms with Crippen molar-refractivity contribution in [2.45, 2.75) is 19.5 Å². The lowest BCUT2D eigenvalue weighted by atomic mass is 10.2. The zero-order chi connectivity index (χ0) is 16.1. The summed E-state index contributed by atoms with van der Waals surface area (Å²) in [5.74, 6) is -0.202. The summed E-state index contributed by atoms with van der Waals surface area (Å²) in [5, 5.41) is 2.87. The number of alkyl halides is 3. The van der Waals surface area contributed by atoms with Gasteiger partial charge in [0.15, 0.2) is 0 Å². The summed E-state index contributed by atoms with van der Waals surface area (Å²) < 4.78 is 63.5. The summed E-state index contributed by atoms with van der Waals surface area (Å²) in [5.41, 5.74) is -1.23. The smallest absolute Gasteiger partial charge is 0.317 e. The molecule has 0 saturated carbocycles. The van der Waals surface area contributed by atoms with Gasteiger partial charge in [0.25, 0.3) is 0 Å². The van der Waals surface area contributed by atoms with Crippen molar-refractivity contribution in [1.82, 2.24) is 5.32 Å². The molecule has 0 unspecified atom stereocenters. The third-order valence-electron chi connectivity index (χ3n) is 2.58. The summed E-state index contributed by atoms with van der Waals surface area (Å²) in [6.07, 6.45) is -4.21. The molecule has 1 aromatic rings. The molecular formula is C12H16ClF3N2O2S. The van der Waals surface area contributed by atoms with Gasteiger partial charge in [0, 0.05) is 0 Å². The van der Waals surface area contributed by atoms with Gasteiger partial charge in [-0.1, -0.05) is 18.5 Å². The van der Waals surface area contributed by atoms with E-state index in [1.807, 2.05) is 6.92 Å². The molecule has 0 bridgehead atoms. The van der Waals surface area contributed by atoms with Crippen LogP contribution in [0.1, 0.15) is 18.9 Å². The minimum Gasteiger partial charge on any atom is -0.317 e. The summed E-state index contributed by atoms with van der Waals surface area (Å²) in [6.45, 7) is 3.11. The van der Waals surface area contributed by atoms with Crippen molar-refractivity contribution in [2.75, 3.05) is 23.6 Å². The van der Waals surface area contributed by atoms with Crippen LogP contribution in [0.5, 0.6) is 0 Å². The molecule has 21 heavy (non-hydrogen) atoms. The molecule has 1 aromatic carbocycles. The molecule has 0 heterocycles. The van der Waals surface area contributed by atoms with Gasteiger partial charge in [-0.2, -0.15) is 13.2 Å². The van der Waals surface area contributed by atoms with Crippen molar-refractivity contribution in [3.63, 3.8) is 0 Å². The number of hydrogen-bond donors (Lipinski definition) is 2. The van der Waals surface area contributed by atoms with Crippen molar-refractivity contribution in [2.24, 2.45) is 0 Å². The van der Waals surface area contributed by atoms with Gasteiger partial charge in [0.05, 0.1) is 22.0 Å². The molecule has 0 spiro atoms. The Morgan fingerprint density at radius 1 is 1.29 bits per heavy atom. The molecule has 0 atom stereocenters. The number of hydrogen-bond acceptors (Lipinski definition) is 3. The molecule has 0 aliphatic heterocycles. The average Bonchev–Trinajstić information content (AvgIpc) is 2.36. The quantitative estimate of drug-likeness (QED) is 0.747. The zero-order valence-electron chi connectivity index (χ0n) is 11.3. The third kappa shape index (κ3) is 6.11. The lowest BCUT2D eigenvalue weighted by molar-refractivity contribution is -0.137. The second-order valence-corrected chi connectivity index (χ2v) is 6.57. The van der Waals surface area contributed by atoms with Crippen LogP contribution in [-0.2, 0) is 16.2 Å². The van der Waals surface area contributed by atoms with Gasteiger partial charge in [-0.15, -0.1) is 0 Å². The number of nitrogens with one attached hydrogen (secondary N) is 2. The summed E-state index contributed by atoms with van der Waals surface area (Å²) in [4.78, 5) is 0. The van der Waals surface area contributed by atoms with Crippen LogP contribution in [0, 0.1) is 0 Å². The maximum Gasteiger partial charge on any atom is 0.416 e. The summed E-state index contributed by atoms with van der Waals surface area (Å²) in [6, 6.07) is 2.50. The van der Waals surface area contributed by atoms with Gasteiger partial charge in [0.2, 0.25) is 10.0 Å². The fourth-order valence-corrected chi connectivity index (χ4v) is 2.91. The molecule has 2 N–H and O–H groups in total. The van der Waals surface area contributed by atoms with Crippen LogP contribution in [0.3, 0.4) is 0 Å². The molecular weight excluding hydrogens is 329 g/mol. The van der Waals surface area contributed by atoms with E-state index in [4.69, 9.17) is 11.6 Å². The number of benzene rings is 1. The number of rotatable bonds is 7. The van der Waals surface area contributed by atoms with Crippen molar-refractivity contribution in [1.29, 1.82) is 0 Å². The number of sulfonamides is 1. The molecule has 0 radical (unpaired) electrons. The molecule has 0 fully saturated rings. The topological polar surface area (TPSA) is 58.2 Å². The van der Waals surface area contributed by atoms with E-state index in [-0.39, 0.29) is 16.5 Å². The van der Waals surface area contributed by atoms with Gasteiger partial charge in [-0.25, -0.2) is 8.42 Å². The lowest BCUT2D eigenvalue weighted by Crippen LogP contribution is -2.22. The summed E-state index contributed by atoms with van der Waals surface area (Å²) in [7, 11) is -3.74. The second kappa shape index (κ2) is 7.33. The van der Waals surface area contributed by atoms with Gasteiger partial charge in [-0.3, -0.25) is 4.72 Å². The summed E-state index contributed by atoms with van der Waals surface area (Å²) >= 11 is 5.73. The van der Waals surface area contributed by atoms with Gasteiger partial charge in [0.1, 0.15) is 0 Å². The Balaban J connectivity index is 2.82. The highest BCUT2D eigenvalue weighted by atomic mass is 35.5. The van der Waals surface area contributed by atoms with Crippen LogP contribution in [0.15, 0.2) is 18.2 Å². The second-order valence-electron chi connectivity index (χ2n) is 4.32. The van der Waals surface area contributed by atoms with E-state index in [1.165, 1.54) is 0 Å². The van der Waals surface area contributed by atoms with Crippen LogP contribution in [0.25, 0.3) is 0 Å². The van der Waals surface area contributed by atoms with Crippen LogP contribution in [0.4, 0.5) is 18.9 Å². The van der Waals surface area contributed by atoms with Crippen LogP contribution < -0.4 is 10.0 Å². The average molecular weight is 345 g/mol. The minimum absolute atomic E-state index is 0.0849. The Kier molecular flexibility index (Phi) is 6.30. The van der Waals surface area contributed by atoms with E-state index in [9.17, 15) is 21.6 Å². The largest absolute Gasteiger partial charge is 0.416 e. The Morgan fingerprint density at radius 3 is 2.52 bits per heavy atom. The Bertz CT molecular complexity index is 576. The molecule has 120 valence electrons. The molecule has 1 rings (SSSR count). The first kappa shape index (κ1) is 18.1. The lowest BCUT2D eigenvalue weighted by Gasteiger charge is -2.13. The van der Waals surface area contributed by atoms with E-state index in [2.05, 4.69) is 10.0 Å². The molecule has 0 amide bonds. The Labute approximate surface area is 126 Å². The van der Waals surface area contributed by atoms with Gasteiger partial charge >= 0.3 is 6.18 Å². The first-order valence-corrected chi connectivity index (χ1v) is 8.26. The first-order valence-electron chi connectivity index (χ1n) is 6.23. The SMILES string of the molecule is CCNCCCS(=O)(=O)Nc1cc(C(F)(F)F)ccc1Cl. The van der Waals surface area contributed by atoms with Crippen molar-refractivity contribution in [3.05, 3.63) is 28.8 Å². The molecule has 0 aliphatic rings.